The van der Waals surface area contributed by atoms with Crippen LogP contribution in [-0.4, -0.2) is 23.7 Å². The van der Waals surface area contributed by atoms with Gasteiger partial charge < -0.3 is 4.74 Å². The SMILES string of the molecule is COc1cc(C(=O)C(CC(=O)C(C)(C)C#N)c2ccncc2)ccc1Cl. The summed E-state index contributed by atoms with van der Waals surface area (Å²) in [7, 11) is 1.47. The van der Waals surface area contributed by atoms with Crippen LogP contribution in [0.1, 0.15) is 42.1 Å². The Morgan fingerprint density at radius 3 is 2.50 bits per heavy atom. The Balaban J connectivity index is 2.43. The summed E-state index contributed by atoms with van der Waals surface area (Å²) in [6.07, 6.45) is 3.06. The molecule has 0 saturated heterocycles. The zero-order chi connectivity index (χ0) is 19.3. The average Bonchev–Trinajstić information content (AvgIpc) is 2.66. The minimum absolute atomic E-state index is 0.0751. The maximum absolute atomic E-state index is 13.1. The standard InChI is InChI=1S/C20H19ClN2O3/c1-20(2,12-22)18(24)11-15(13-6-8-23-9-7-13)19(25)14-4-5-16(21)17(10-14)26-3/h4-10,15H,11H2,1-3H3. The second kappa shape index (κ2) is 8.11. The van der Waals surface area contributed by atoms with Crippen LogP contribution in [0, 0.1) is 16.7 Å². The number of carbonyl (C=O) groups is 2. The third-order valence-corrected chi connectivity index (χ3v) is 4.54. The lowest BCUT2D eigenvalue weighted by atomic mass is 9.80. The van der Waals surface area contributed by atoms with Crippen molar-refractivity contribution in [1.82, 2.24) is 4.98 Å². The van der Waals surface area contributed by atoms with Gasteiger partial charge in [0, 0.05) is 24.4 Å². The number of aromatic nitrogens is 1. The van der Waals surface area contributed by atoms with Crippen LogP contribution in [0.5, 0.6) is 5.75 Å². The van der Waals surface area contributed by atoms with Crippen LogP contribution in [0.4, 0.5) is 0 Å². The van der Waals surface area contributed by atoms with Crippen LogP contribution in [0.25, 0.3) is 0 Å². The van der Waals surface area contributed by atoms with E-state index in [0.717, 1.165) is 0 Å². The molecule has 26 heavy (non-hydrogen) atoms. The largest absolute Gasteiger partial charge is 0.495 e. The molecule has 0 N–H and O–H groups in total. The first-order valence-electron chi connectivity index (χ1n) is 8.02. The monoisotopic (exact) mass is 370 g/mol. The second-order valence-corrected chi connectivity index (χ2v) is 6.82. The molecule has 0 spiro atoms. The highest BCUT2D eigenvalue weighted by atomic mass is 35.5. The van der Waals surface area contributed by atoms with E-state index in [1.54, 1.807) is 56.6 Å². The number of halogens is 1. The smallest absolute Gasteiger partial charge is 0.170 e. The number of nitriles is 1. The molecule has 0 aliphatic heterocycles. The van der Waals surface area contributed by atoms with E-state index in [0.29, 0.717) is 21.9 Å². The highest BCUT2D eigenvalue weighted by Gasteiger charge is 2.33. The van der Waals surface area contributed by atoms with E-state index in [9.17, 15) is 14.9 Å². The van der Waals surface area contributed by atoms with Crippen LogP contribution < -0.4 is 4.74 Å². The van der Waals surface area contributed by atoms with Crippen molar-refractivity contribution in [3.8, 4) is 11.8 Å². The summed E-state index contributed by atoms with van der Waals surface area (Å²) in [4.78, 5) is 29.6. The van der Waals surface area contributed by atoms with Crippen molar-refractivity contribution in [2.45, 2.75) is 26.2 Å². The molecular weight excluding hydrogens is 352 g/mol. The molecule has 0 aliphatic carbocycles. The Morgan fingerprint density at radius 2 is 1.92 bits per heavy atom. The van der Waals surface area contributed by atoms with Gasteiger partial charge in [0.1, 0.15) is 11.2 Å². The van der Waals surface area contributed by atoms with Crippen molar-refractivity contribution in [1.29, 1.82) is 5.26 Å². The Labute approximate surface area is 157 Å². The molecule has 1 aromatic heterocycles. The maximum atomic E-state index is 13.1. The number of hydrogen-bond donors (Lipinski definition) is 0. The van der Waals surface area contributed by atoms with E-state index < -0.39 is 11.3 Å². The van der Waals surface area contributed by atoms with Gasteiger partial charge in [0.05, 0.1) is 24.1 Å². The van der Waals surface area contributed by atoms with E-state index in [1.165, 1.54) is 7.11 Å². The quantitative estimate of drug-likeness (QED) is 0.681. The summed E-state index contributed by atoms with van der Waals surface area (Å²) in [5.74, 6) is -0.872. The van der Waals surface area contributed by atoms with Crippen LogP contribution in [0.15, 0.2) is 42.7 Å². The molecule has 134 valence electrons. The number of nitrogens with zero attached hydrogens (tertiary/aromatic N) is 2. The number of benzene rings is 1. The molecule has 1 atom stereocenters. The topological polar surface area (TPSA) is 80.0 Å². The molecule has 1 unspecified atom stereocenters. The predicted molar refractivity (Wildman–Crippen MR) is 98.3 cm³/mol. The number of Topliss-reactive ketones (excluding diaryl/α,β-unsaturated/α-hetero) is 2. The van der Waals surface area contributed by atoms with Crippen LogP contribution in [0.3, 0.4) is 0 Å². The van der Waals surface area contributed by atoms with Crippen molar-refractivity contribution in [2.75, 3.05) is 7.11 Å². The first kappa shape index (κ1) is 19.6. The molecule has 6 heteroatoms. The number of methoxy groups -OCH3 is 1. The highest BCUT2D eigenvalue weighted by Crippen LogP contribution is 2.32. The zero-order valence-corrected chi connectivity index (χ0v) is 15.6. The minimum atomic E-state index is -1.16. The lowest BCUT2D eigenvalue weighted by molar-refractivity contribution is -0.124. The molecule has 0 aliphatic rings. The van der Waals surface area contributed by atoms with Gasteiger partial charge in [0.15, 0.2) is 11.6 Å². The highest BCUT2D eigenvalue weighted by molar-refractivity contribution is 6.32. The van der Waals surface area contributed by atoms with Gasteiger partial charge in [0.2, 0.25) is 0 Å². The van der Waals surface area contributed by atoms with Gasteiger partial charge in [-0.15, -0.1) is 0 Å². The number of pyridine rings is 1. The van der Waals surface area contributed by atoms with E-state index in [-0.39, 0.29) is 18.0 Å². The van der Waals surface area contributed by atoms with Gasteiger partial charge in [-0.05, 0) is 49.7 Å². The van der Waals surface area contributed by atoms with Crippen molar-refractivity contribution in [3.05, 3.63) is 58.9 Å². The number of ether oxygens (including phenoxy) is 1. The molecule has 2 rings (SSSR count). The van der Waals surface area contributed by atoms with Crippen LogP contribution >= 0.6 is 11.6 Å². The van der Waals surface area contributed by atoms with E-state index in [1.807, 2.05) is 6.07 Å². The molecule has 1 heterocycles. The Bertz CT molecular complexity index is 857. The summed E-state index contributed by atoms with van der Waals surface area (Å²) in [5.41, 5.74) is -0.111. The molecular formula is C20H19ClN2O3. The normalized spacial score (nSPS) is 12.1. The zero-order valence-electron chi connectivity index (χ0n) is 14.8. The summed E-state index contributed by atoms with van der Waals surface area (Å²) in [6.45, 7) is 3.10. The fourth-order valence-electron chi connectivity index (χ4n) is 2.47. The molecule has 0 amide bonds. The lowest BCUT2D eigenvalue weighted by Gasteiger charge is -2.20. The summed E-state index contributed by atoms with van der Waals surface area (Å²) in [6, 6.07) is 10.1. The van der Waals surface area contributed by atoms with Gasteiger partial charge in [-0.3, -0.25) is 14.6 Å². The Morgan fingerprint density at radius 1 is 1.27 bits per heavy atom. The number of rotatable bonds is 7. The number of carbonyl (C=O) groups excluding carboxylic acids is 2. The summed E-state index contributed by atoms with van der Waals surface area (Å²) >= 11 is 6.03. The molecule has 2 aromatic rings. The maximum Gasteiger partial charge on any atom is 0.170 e. The summed E-state index contributed by atoms with van der Waals surface area (Å²) < 4.78 is 5.17. The molecule has 5 nitrogen and oxygen atoms in total. The third kappa shape index (κ3) is 4.27. The van der Waals surface area contributed by atoms with Gasteiger partial charge >= 0.3 is 0 Å². The van der Waals surface area contributed by atoms with E-state index >= 15 is 0 Å². The van der Waals surface area contributed by atoms with Crippen molar-refractivity contribution in [2.24, 2.45) is 5.41 Å². The first-order valence-corrected chi connectivity index (χ1v) is 8.40. The van der Waals surface area contributed by atoms with Gasteiger partial charge in [-0.2, -0.15) is 5.26 Å². The predicted octanol–water partition coefficient (Wildman–Crippen LogP) is 4.22. The molecule has 0 saturated carbocycles. The van der Waals surface area contributed by atoms with Crippen LogP contribution in [0.2, 0.25) is 5.02 Å². The molecule has 1 aromatic carbocycles. The Hall–Kier alpha value is -2.71. The number of hydrogen-bond acceptors (Lipinski definition) is 5. The molecule has 0 fully saturated rings. The van der Waals surface area contributed by atoms with E-state index in [4.69, 9.17) is 16.3 Å². The second-order valence-electron chi connectivity index (χ2n) is 6.41. The third-order valence-electron chi connectivity index (χ3n) is 4.23. The van der Waals surface area contributed by atoms with Gasteiger partial charge in [-0.1, -0.05) is 11.6 Å². The first-order chi connectivity index (χ1) is 12.3. The van der Waals surface area contributed by atoms with Crippen molar-refractivity contribution < 1.29 is 14.3 Å². The van der Waals surface area contributed by atoms with Crippen LogP contribution in [-0.2, 0) is 4.79 Å². The van der Waals surface area contributed by atoms with Crippen molar-refractivity contribution in [3.63, 3.8) is 0 Å². The fraction of sp³-hybridized carbons (Fsp3) is 0.300. The van der Waals surface area contributed by atoms with Crippen molar-refractivity contribution >= 4 is 23.2 Å². The molecule has 0 bridgehead atoms. The number of ketones is 2. The fourth-order valence-corrected chi connectivity index (χ4v) is 2.67. The van der Waals surface area contributed by atoms with Gasteiger partial charge in [0.25, 0.3) is 0 Å². The van der Waals surface area contributed by atoms with E-state index in [2.05, 4.69) is 4.98 Å². The Kier molecular flexibility index (Phi) is 6.12. The van der Waals surface area contributed by atoms with Gasteiger partial charge in [-0.25, -0.2) is 0 Å². The lowest BCUT2D eigenvalue weighted by Crippen LogP contribution is -2.27. The molecule has 0 radical (unpaired) electrons. The summed E-state index contributed by atoms with van der Waals surface area (Å²) in [5, 5.41) is 9.60. The average molecular weight is 371 g/mol. The minimum Gasteiger partial charge on any atom is -0.495 e.